The molecule has 2 N–H and O–H groups in total. The molecule has 2 heterocycles. The number of anilines is 1. The summed E-state index contributed by atoms with van der Waals surface area (Å²) in [7, 11) is 0. The van der Waals surface area contributed by atoms with Gasteiger partial charge in [0.2, 0.25) is 5.91 Å². The first kappa shape index (κ1) is 23.0. The SMILES string of the molecule is O=C(O)Cc1nc(-c2ccc(-c3ccc(NC(=O)/C=C/c4ccc(Br)cc4)cc3Cl)o2)cs1. The van der Waals surface area contributed by atoms with Crippen molar-refractivity contribution in [2.24, 2.45) is 0 Å². The van der Waals surface area contributed by atoms with E-state index in [0.29, 0.717) is 38.5 Å². The van der Waals surface area contributed by atoms with E-state index in [1.54, 1.807) is 41.8 Å². The van der Waals surface area contributed by atoms with Crippen LogP contribution in [0.3, 0.4) is 0 Å². The van der Waals surface area contributed by atoms with E-state index in [1.807, 2.05) is 24.3 Å². The number of benzene rings is 2. The zero-order valence-electron chi connectivity index (χ0n) is 16.9. The Morgan fingerprint density at radius 3 is 2.61 bits per heavy atom. The molecule has 0 aliphatic carbocycles. The van der Waals surface area contributed by atoms with Crippen molar-refractivity contribution in [3.8, 4) is 22.8 Å². The van der Waals surface area contributed by atoms with Gasteiger partial charge in [0.05, 0.1) is 11.4 Å². The second-order valence-corrected chi connectivity index (χ2v) is 9.20. The summed E-state index contributed by atoms with van der Waals surface area (Å²) in [6, 6.07) is 16.3. The summed E-state index contributed by atoms with van der Waals surface area (Å²) in [6.45, 7) is 0. The zero-order valence-corrected chi connectivity index (χ0v) is 20.1. The van der Waals surface area contributed by atoms with E-state index in [1.165, 1.54) is 17.4 Å². The topological polar surface area (TPSA) is 92.4 Å². The molecular weight excluding hydrogens is 528 g/mol. The standard InChI is InChI=1S/C24H16BrClN2O4S/c25-15-4-1-14(2-5-15)3-10-22(29)27-16-6-7-17(18(26)11-16)20-8-9-21(32-20)19-13-33-23(28-19)12-24(30)31/h1-11,13H,12H2,(H,27,29)(H,30,31)/b10-3+. The number of aliphatic carboxylic acids is 1. The van der Waals surface area contributed by atoms with Gasteiger partial charge in [-0.2, -0.15) is 0 Å². The van der Waals surface area contributed by atoms with Crippen molar-refractivity contribution in [3.05, 3.63) is 86.1 Å². The molecule has 4 rings (SSSR count). The van der Waals surface area contributed by atoms with Gasteiger partial charge in [0.25, 0.3) is 0 Å². The molecule has 0 spiro atoms. The van der Waals surface area contributed by atoms with Crippen LogP contribution in [0.1, 0.15) is 10.6 Å². The number of nitrogens with one attached hydrogen (secondary N) is 1. The number of furan rings is 1. The molecule has 0 saturated carbocycles. The number of thiazole rings is 1. The molecule has 0 unspecified atom stereocenters. The summed E-state index contributed by atoms with van der Waals surface area (Å²) in [5.74, 6) is -0.151. The Bertz CT molecular complexity index is 1340. The van der Waals surface area contributed by atoms with E-state index >= 15 is 0 Å². The van der Waals surface area contributed by atoms with E-state index in [0.717, 1.165) is 10.0 Å². The van der Waals surface area contributed by atoms with E-state index < -0.39 is 5.97 Å². The number of carboxylic acid groups (broad SMARTS) is 1. The van der Waals surface area contributed by atoms with Gasteiger partial charge < -0.3 is 14.8 Å². The summed E-state index contributed by atoms with van der Waals surface area (Å²) >= 11 is 11.1. The number of nitrogens with zero attached hydrogens (tertiary/aromatic N) is 1. The van der Waals surface area contributed by atoms with Gasteiger partial charge in [-0.15, -0.1) is 11.3 Å². The molecule has 9 heteroatoms. The Morgan fingerprint density at radius 2 is 1.88 bits per heavy atom. The summed E-state index contributed by atoms with van der Waals surface area (Å²) in [4.78, 5) is 27.4. The molecule has 0 bridgehead atoms. The average molecular weight is 544 g/mol. The molecule has 0 aliphatic rings. The fraction of sp³-hybridized carbons (Fsp3) is 0.0417. The number of hydrogen-bond donors (Lipinski definition) is 2. The lowest BCUT2D eigenvalue weighted by molar-refractivity contribution is -0.136. The number of amides is 1. The van der Waals surface area contributed by atoms with Crippen LogP contribution in [-0.4, -0.2) is 22.0 Å². The lowest BCUT2D eigenvalue weighted by Gasteiger charge is -2.06. The molecule has 0 aliphatic heterocycles. The van der Waals surface area contributed by atoms with Crippen molar-refractivity contribution in [2.75, 3.05) is 5.32 Å². The summed E-state index contributed by atoms with van der Waals surface area (Å²) in [5.41, 5.74) is 2.69. The third kappa shape index (κ3) is 5.98. The Labute approximate surface area is 206 Å². The highest BCUT2D eigenvalue weighted by atomic mass is 79.9. The third-order valence-corrected chi connectivity index (χ3v) is 6.20. The number of carboxylic acids is 1. The highest BCUT2D eigenvalue weighted by molar-refractivity contribution is 9.10. The summed E-state index contributed by atoms with van der Waals surface area (Å²) in [5, 5.41) is 14.3. The lowest BCUT2D eigenvalue weighted by Crippen LogP contribution is -2.07. The quantitative estimate of drug-likeness (QED) is 0.251. The van der Waals surface area contributed by atoms with E-state index in [2.05, 4.69) is 26.2 Å². The van der Waals surface area contributed by atoms with Crippen LogP contribution in [-0.2, 0) is 16.0 Å². The molecular formula is C24H16BrClN2O4S. The van der Waals surface area contributed by atoms with Crippen LogP contribution in [0.15, 0.2) is 74.9 Å². The Balaban J connectivity index is 1.44. The number of carbonyl (C=O) groups is 2. The molecule has 6 nitrogen and oxygen atoms in total. The molecule has 0 saturated heterocycles. The number of hydrogen-bond acceptors (Lipinski definition) is 5. The largest absolute Gasteiger partial charge is 0.481 e. The fourth-order valence-electron chi connectivity index (χ4n) is 2.98. The first-order chi connectivity index (χ1) is 15.9. The number of aromatic nitrogens is 1. The van der Waals surface area contributed by atoms with Gasteiger partial charge in [0.15, 0.2) is 5.76 Å². The first-order valence-corrected chi connectivity index (χ1v) is 11.7. The van der Waals surface area contributed by atoms with Crippen LogP contribution in [0.4, 0.5) is 5.69 Å². The van der Waals surface area contributed by atoms with Crippen LogP contribution in [0.5, 0.6) is 0 Å². The Kier molecular flexibility index (Phi) is 7.08. The van der Waals surface area contributed by atoms with Crippen molar-refractivity contribution in [1.82, 2.24) is 4.98 Å². The third-order valence-electron chi connectivity index (χ3n) is 4.51. The molecule has 1 amide bonds. The molecule has 0 atom stereocenters. The van der Waals surface area contributed by atoms with Crippen molar-refractivity contribution in [3.63, 3.8) is 0 Å². The zero-order chi connectivity index (χ0) is 23.4. The van der Waals surface area contributed by atoms with Gasteiger partial charge in [-0.3, -0.25) is 9.59 Å². The minimum Gasteiger partial charge on any atom is -0.481 e. The van der Waals surface area contributed by atoms with Gasteiger partial charge in [0.1, 0.15) is 16.5 Å². The maximum absolute atomic E-state index is 12.2. The summed E-state index contributed by atoms with van der Waals surface area (Å²) < 4.78 is 6.85. The van der Waals surface area contributed by atoms with E-state index in [-0.39, 0.29) is 12.3 Å². The predicted octanol–water partition coefficient (Wildman–Crippen LogP) is 6.77. The molecule has 33 heavy (non-hydrogen) atoms. The number of rotatable bonds is 7. The van der Waals surface area contributed by atoms with Gasteiger partial charge in [-0.1, -0.05) is 39.7 Å². The maximum Gasteiger partial charge on any atom is 0.310 e. The first-order valence-electron chi connectivity index (χ1n) is 9.68. The van der Waals surface area contributed by atoms with Crippen LogP contribution in [0.2, 0.25) is 5.02 Å². The number of carbonyl (C=O) groups excluding carboxylic acids is 1. The highest BCUT2D eigenvalue weighted by Gasteiger charge is 2.14. The van der Waals surface area contributed by atoms with Crippen molar-refractivity contribution in [2.45, 2.75) is 6.42 Å². The lowest BCUT2D eigenvalue weighted by atomic mass is 10.1. The normalized spacial score (nSPS) is 11.1. The molecule has 0 fully saturated rings. The molecule has 4 aromatic rings. The fourth-order valence-corrected chi connectivity index (χ4v) is 4.29. The second kappa shape index (κ2) is 10.2. The summed E-state index contributed by atoms with van der Waals surface area (Å²) in [6.07, 6.45) is 3.05. The van der Waals surface area contributed by atoms with Crippen LogP contribution < -0.4 is 5.32 Å². The van der Waals surface area contributed by atoms with Crippen molar-refractivity contribution < 1.29 is 19.1 Å². The molecule has 2 aromatic heterocycles. The van der Waals surface area contributed by atoms with Gasteiger partial charge in [0, 0.05) is 27.2 Å². The Morgan fingerprint density at radius 1 is 1.12 bits per heavy atom. The monoisotopic (exact) mass is 542 g/mol. The van der Waals surface area contributed by atoms with Crippen LogP contribution >= 0.6 is 38.9 Å². The number of halogens is 2. The van der Waals surface area contributed by atoms with Crippen LogP contribution in [0, 0.1) is 0 Å². The van der Waals surface area contributed by atoms with E-state index in [4.69, 9.17) is 21.1 Å². The Hall–Kier alpha value is -3.20. The second-order valence-electron chi connectivity index (χ2n) is 6.93. The van der Waals surface area contributed by atoms with E-state index in [9.17, 15) is 9.59 Å². The van der Waals surface area contributed by atoms with Gasteiger partial charge >= 0.3 is 5.97 Å². The molecule has 2 aromatic carbocycles. The van der Waals surface area contributed by atoms with Crippen LogP contribution in [0.25, 0.3) is 28.9 Å². The minimum atomic E-state index is -0.932. The highest BCUT2D eigenvalue weighted by Crippen LogP contribution is 2.34. The minimum absolute atomic E-state index is 0.129. The molecule has 0 radical (unpaired) electrons. The molecule has 166 valence electrons. The average Bonchev–Trinajstić information content (AvgIpc) is 3.43. The van der Waals surface area contributed by atoms with Crippen molar-refractivity contribution in [1.29, 1.82) is 0 Å². The van der Waals surface area contributed by atoms with Crippen molar-refractivity contribution >= 4 is 62.5 Å². The maximum atomic E-state index is 12.2. The van der Waals surface area contributed by atoms with Gasteiger partial charge in [-0.05, 0) is 54.1 Å². The van der Waals surface area contributed by atoms with Gasteiger partial charge in [-0.25, -0.2) is 4.98 Å². The predicted molar refractivity (Wildman–Crippen MR) is 133 cm³/mol. The smallest absolute Gasteiger partial charge is 0.310 e.